The highest BCUT2D eigenvalue weighted by Gasteiger charge is 2.74. The van der Waals surface area contributed by atoms with Crippen LogP contribution >= 0.6 is 0 Å². The predicted molar refractivity (Wildman–Crippen MR) is 76.2 cm³/mol. The molecule has 0 unspecified atom stereocenters. The standard InChI is InChI=1S/C15H18F3N3O3/c1-23-12(22)13-7-14(8-13,9-13)21-5-11(2-19-21)20-3-10(4-20)6-24-15(16,17)18/h2,5,10H,3-4,6-9H2,1H3. The number of methoxy groups -OCH3 is 1. The lowest BCUT2D eigenvalue weighted by Crippen LogP contribution is -2.71. The molecular weight excluding hydrogens is 327 g/mol. The Labute approximate surface area is 136 Å². The zero-order valence-electron chi connectivity index (χ0n) is 13.2. The molecular formula is C15H18F3N3O3. The molecule has 0 radical (unpaired) electrons. The van der Waals surface area contributed by atoms with Crippen molar-refractivity contribution in [2.24, 2.45) is 11.3 Å². The molecule has 9 heteroatoms. The van der Waals surface area contributed by atoms with Crippen molar-refractivity contribution in [2.75, 3.05) is 31.7 Å². The van der Waals surface area contributed by atoms with Crippen LogP contribution in [0.2, 0.25) is 0 Å². The van der Waals surface area contributed by atoms with Gasteiger partial charge in [0, 0.05) is 25.2 Å². The zero-order valence-corrected chi connectivity index (χ0v) is 13.2. The molecule has 24 heavy (non-hydrogen) atoms. The van der Waals surface area contributed by atoms with Crippen LogP contribution in [0.15, 0.2) is 12.4 Å². The van der Waals surface area contributed by atoms with Gasteiger partial charge in [0.15, 0.2) is 0 Å². The van der Waals surface area contributed by atoms with E-state index in [4.69, 9.17) is 4.74 Å². The molecule has 0 atom stereocenters. The van der Waals surface area contributed by atoms with Gasteiger partial charge in [-0.05, 0) is 19.3 Å². The molecule has 1 saturated heterocycles. The number of rotatable bonds is 5. The summed E-state index contributed by atoms with van der Waals surface area (Å²) in [6, 6.07) is 0. The van der Waals surface area contributed by atoms with Gasteiger partial charge in [-0.1, -0.05) is 0 Å². The fraction of sp³-hybridized carbons (Fsp3) is 0.733. The maximum atomic E-state index is 12.0. The summed E-state index contributed by atoms with van der Waals surface area (Å²) in [6.07, 6.45) is 1.32. The van der Waals surface area contributed by atoms with E-state index in [9.17, 15) is 18.0 Å². The van der Waals surface area contributed by atoms with Crippen molar-refractivity contribution < 1.29 is 27.4 Å². The normalized spacial score (nSPS) is 31.9. The third-order valence-corrected chi connectivity index (χ3v) is 5.48. The number of alkyl halides is 3. The molecule has 1 aromatic rings. The van der Waals surface area contributed by atoms with Gasteiger partial charge in [0.2, 0.25) is 0 Å². The Morgan fingerprint density at radius 3 is 2.62 bits per heavy atom. The summed E-state index contributed by atoms with van der Waals surface area (Å²) in [6.45, 7) is 0.751. The Kier molecular flexibility index (Phi) is 3.20. The first-order valence-corrected chi connectivity index (χ1v) is 7.85. The number of aromatic nitrogens is 2. The van der Waals surface area contributed by atoms with Gasteiger partial charge in [-0.15, -0.1) is 13.2 Å². The Bertz CT molecular complexity index is 647. The zero-order chi connectivity index (χ0) is 17.2. The van der Waals surface area contributed by atoms with Gasteiger partial charge in [-0.2, -0.15) is 5.10 Å². The summed E-state index contributed by atoms with van der Waals surface area (Å²) in [5.74, 6) is -0.264. The molecule has 0 N–H and O–H groups in total. The largest absolute Gasteiger partial charge is 0.522 e. The van der Waals surface area contributed by atoms with E-state index >= 15 is 0 Å². The summed E-state index contributed by atoms with van der Waals surface area (Å²) >= 11 is 0. The molecule has 1 aliphatic heterocycles. The third-order valence-electron chi connectivity index (χ3n) is 5.48. The van der Waals surface area contributed by atoms with Gasteiger partial charge in [0.1, 0.15) is 0 Å². The van der Waals surface area contributed by atoms with Crippen LogP contribution in [-0.4, -0.2) is 48.9 Å². The lowest BCUT2D eigenvalue weighted by molar-refractivity contribution is -0.328. The summed E-state index contributed by atoms with van der Waals surface area (Å²) in [5, 5.41) is 4.39. The third kappa shape index (κ3) is 2.28. The minimum atomic E-state index is -4.56. The van der Waals surface area contributed by atoms with E-state index < -0.39 is 6.36 Å². The highest BCUT2D eigenvalue weighted by atomic mass is 19.4. The number of halogens is 3. The number of esters is 1. The highest BCUT2D eigenvalue weighted by Crippen LogP contribution is 2.71. The van der Waals surface area contributed by atoms with E-state index in [-0.39, 0.29) is 29.4 Å². The van der Waals surface area contributed by atoms with Crippen molar-refractivity contribution in [1.82, 2.24) is 9.78 Å². The van der Waals surface area contributed by atoms with Crippen molar-refractivity contribution in [3.05, 3.63) is 12.4 Å². The minimum absolute atomic E-state index is 0.0872. The van der Waals surface area contributed by atoms with Gasteiger partial charge in [-0.25, -0.2) is 0 Å². The van der Waals surface area contributed by atoms with Crippen LogP contribution < -0.4 is 4.90 Å². The topological polar surface area (TPSA) is 56.6 Å². The lowest BCUT2D eigenvalue weighted by atomic mass is 9.39. The van der Waals surface area contributed by atoms with Crippen LogP contribution in [-0.2, 0) is 19.8 Å². The number of nitrogens with zero attached hydrogens (tertiary/aromatic N) is 3. The quantitative estimate of drug-likeness (QED) is 0.763. The van der Waals surface area contributed by atoms with Crippen LogP contribution in [0, 0.1) is 11.3 Å². The SMILES string of the molecule is COC(=O)C12CC(n3cc(N4CC(COC(F)(F)F)C4)cn3)(C1)C2. The van der Waals surface area contributed by atoms with E-state index in [2.05, 4.69) is 9.84 Å². The number of hydrogen-bond acceptors (Lipinski definition) is 5. The first-order chi connectivity index (χ1) is 11.3. The Balaban J connectivity index is 1.30. The monoisotopic (exact) mass is 345 g/mol. The van der Waals surface area contributed by atoms with Crippen LogP contribution in [0.5, 0.6) is 0 Å². The number of carbonyl (C=O) groups excluding carboxylic acids is 1. The summed E-state index contributed by atoms with van der Waals surface area (Å²) in [4.78, 5) is 13.7. The molecule has 1 aromatic heterocycles. The van der Waals surface area contributed by atoms with Crippen molar-refractivity contribution in [2.45, 2.75) is 31.2 Å². The van der Waals surface area contributed by atoms with Crippen molar-refractivity contribution in [3.8, 4) is 0 Å². The van der Waals surface area contributed by atoms with Gasteiger partial charge in [0.05, 0.1) is 36.6 Å². The van der Waals surface area contributed by atoms with Crippen molar-refractivity contribution >= 4 is 11.7 Å². The average molecular weight is 345 g/mol. The van der Waals surface area contributed by atoms with E-state index in [0.717, 1.165) is 24.9 Å². The van der Waals surface area contributed by atoms with Gasteiger partial charge < -0.3 is 9.64 Å². The van der Waals surface area contributed by atoms with Gasteiger partial charge in [-0.3, -0.25) is 14.2 Å². The summed E-state index contributed by atoms with van der Waals surface area (Å²) in [5.41, 5.74) is 0.489. The average Bonchev–Trinajstić information content (AvgIpc) is 2.81. The molecule has 4 aliphatic rings. The molecule has 2 heterocycles. The highest BCUT2D eigenvalue weighted by molar-refractivity contribution is 5.81. The minimum Gasteiger partial charge on any atom is -0.469 e. The fourth-order valence-electron chi connectivity index (χ4n) is 4.24. The maximum absolute atomic E-state index is 12.0. The van der Waals surface area contributed by atoms with Crippen molar-refractivity contribution in [1.29, 1.82) is 0 Å². The van der Waals surface area contributed by atoms with Crippen LogP contribution in [0.25, 0.3) is 0 Å². The molecule has 0 amide bonds. The van der Waals surface area contributed by atoms with E-state index in [1.54, 1.807) is 6.20 Å². The predicted octanol–water partition coefficient (Wildman–Crippen LogP) is 1.91. The molecule has 132 valence electrons. The Hall–Kier alpha value is -1.77. The van der Waals surface area contributed by atoms with E-state index in [1.807, 2.05) is 15.8 Å². The van der Waals surface area contributed by atoms with Crippen molar-refractivity contribution in [3.63, 3.8) is 0 Å². The van der Waals surface area contributed by atoms with Gasteiger partial charge in [0.25, 0.3) is 0 Å². The molecule has 0 aromatic carbocycles. The molecule has 2 bridgehead atoms. The lowest BCUT2D eigenvalue weighted by Gasteiger charge is -2.67. The molecule has 5 rings (SSSR count). The molecule has 6 nitrogen and oxygen atoms in total. The van der Waals surface area contributed by atoms with Crippen LogP contribution in [0.1, 0.15) is 19.3 Å². The number of hydrogen-bond donors (Lipinski definition) is 0. The first kappa shape index (κ1) is 15.7. The van der Waals surface area contributed by atoms with E-state index in [0.29, 0.717) is 13.1 Å². The smallest absolute Gasteiger partial charge is 0.469 e. The van der Waals surface area contributed by atoms with Crippen LogP contribution in [0.3, 0.4) is 0 Å². The summed E-state index contributed by atoms with van der Waals surface area (Å²) < 4.78 is 46.6. The van der Waals surface area contributed by atoms with Crippen LogP contribution in [0.4, 0.5) is 18.9 Å². The molecule has 0 spiro atoms. The number of ether oxygens (including phenoxy) is 2. The molecule has 3 saturated carbocycles. The second-order valence-corrected chi connectivity index (χ2v) is 7.20. The van der Waals surface area contributed by atoms with Gasteiger partial charge >= 0.3 is 12.3 Å². The second-order valence-electron chi connectivity index (χ2n) is 7.20. The first-order valence-electron chi connectivity index (χ1n) is 7.85. The second kappa shape index (κ2) is 4.87. The summed E-state index contributed by atoms with van der Waals surface area (Å²) in [7, 11) is 1.41. The number of anilines is 1. The van der Waals surface area contributed by atoms with E-state index in [1.165, 1.54) is 7.11 Å². The maximum Gasteiger partial charge on any atom is 0.522 e. The molecule has 3 aliphatic carbocycles. The Morgan fingerprint density at radius 2 is 2.04 bits per heavy atom. The fourth-order valence-corrected chi connectivity index (χ4v) is 4.24. The number of carbonyl (C=O) groups is 1. The molecule has 4 fully saturated rings. The Morgan fingerprint density at radius 1 is 1.38 bits per heavy atom.